The Balaban J connectivity index is 1.20. The Morgan fingerprint density at radius 3 is 2.58 bits per heavy atom. The summed E-state index contributed by atoms with van der Waals surface area (Å²) < 4.78 is 10.8. The fourth-order valence-corrected chi connectivity index (χ4v) is 4.46. The van der Waals surface area contributed by atoms with Crippen molar-refractivity contribution in [1.82, 2.24) is 20.2 Å². The van der Waals surface area contributed by atoms with Crippen LogP contribution in [0.25, 0.3) is 22.0 Å². The smallest absolute Gasteiger partial charge is 0.251 e. The minimum absolute atomic E-state index is 0.0356. The topological polar surface area (TPSA) is 82.7 Å². The van der Waals surface area contributed by atoms with Gasteiger partial charge in [-0.25, -0.2) is 4.98 Å². The third-order valence-electron chi connectivity index (χ3n) is 6.38. The quantitative estimate of drug-likeness (QED) is 0.540. The first-order valence-corrected chi connectivity index (χ1v) is 11.8. The molecule has 8 nitrogen and oxygen atoms in total. The van der Waals surface area contributed by atoms with Crippen molar-refractivity contribution in [3.63, 3.8) is 0 Å². The van der Waals surface area contributed by atoms with E-state index in [2.05, 4.69) is 37.2 Å². The lowest BCUT2D eigenvalue weighted by molar-refractivity contribution is 0.0374. The van der Waals surface area contributed by atoms with Gasteiger partial charge in [0.1, 0.15) is 5.82 Å². The normalized spacial score (nSPS) is 17.4. The van der Waals surface area contributed by atoms with Gasteiger partial charge in [0.25, 0.3) is 5.91 Å². The molecule has 174 valence electrons. The van der Waals surface area contributed by atoms with Crippen molar-refractivity contribution in [2.24, 2.45) is 0 Å². The first kappa shape index (κ1) is 21.9. The molecule has 4 heterocycles. The van der Waals surface area contributed by atoms with E-state index in [1.54, 1.807) is 0 Å². The second kappa shape index (κ2) is 10.3. The van der Waals surface area contributed by atoms with Gasteiger partial charge < -0.3 is 24.7 Å². The van der Waals surface area contributed by atoms with Gasteiger partial charge in [0.05, 0.1) is 26.4 Å². The summed E-state index contributed by atoms with van der Waals surface area (Å²) in [7, 11) is 0. The average Bonchev–Trinajstić information content (AvgIpc) is 3.31. The number of pyridine rings is 1. The molecule has 0 saturated carbocycles. The van der Waals surface area contributed by atoms with Gasteiger partial charge in [0.2, 0.25) is 0 Å². The summed E-state index contributed by atoms with van der Waals surface area (Å²) in [6.45, 7) is 8.46. The number of aromatic amines is 1. The molecular formula is C25H31N5O3. The molecule has 0 atom stereocenters. The predicted molar refractivity (Wildman–Crippen MR) is 129 cm³/mol. The van der Waals surface area contributed by atoms with Gasteiger partial charge in [-0.05, 0) is 37.2 Å². The number of nitrogens with one attached hydrogen (secondary N) is 2. The van der Waals surface area contributed by atoms with Gasteiger partial charge in [-0.3, -0.25) is 9.69 Å². The number of aromatic nitrogens is 2. The lowest BCUT2D eigenvalue weighted by Gasteiger charge is -2.27. The highest BCUT2D eigenvalue weighted by atomic mass is 16.5. The van der Waals surface area contributed by atoms with Crippen LogP contribution in [0, 0.1) is 0 Å². The first-order chi connectivity index (χ1) is 16.3. The van der Waals surface area contributed by atoms with Gasteiger partial charge in [-0.15, -0.1) is 0 Å². The molecule has 2 saturated heterocycles. The van der Waals surface area contributed by atoms with Crippen LogP contribution in [-0.2, 0) is 9.47 Å². The molecule has 2 aromatic heterocycles. The van der Waals surface area contributed by atoms with E-state index in [9.17, 15) is 4.79 Å². The van der Waals surface area contributed by atoms with Crippen molar-refractivity contribution in [2.75, 3.05) is 70.6 Å². The molecule has 0 unspecified atom stereocenters. The SMILES string of the molecule is O=C(NCCCN1CCOCC1)c1ccc2c(-c3ccc(N4CCOCC4)nc3)c[nH]c2c1. The fraction of sp³-hybridized carbons (Fsp3) is 0.440. The molecule has 5 rings (SSSR count). The number of H-pyrrole nitrogens is 1. The first-order valence-electron chi connectivity index (χ1n) is 11.8. The number of carbonyl (C=O) groups is 1. The van der Waals surface area contributed by atoms with Crippen LogP contribution in [0.1, 0.15) is 16.8 Å². The molecule has 1 aromatic carbocycles. The minimum atomic E-state index is -0.0356. The van der Waals surface area contributed by atoms with Crippen molar-refractivity contribution < 1.29 is 14.3 Å². The zero-order chi connectivity index (χ0) is 22.5. The summed E-state index contributed by atoms with van der Waals surface area (Å²) in [4.78, 5) is 25.2. The van der Waals surface area contributed by atoms with E-state index in [0.29, 0.717) is 12.1 Å². The van der Waals surface area contributed by atoms with Crippen molar-refractivity contribution in [1.29, 1.82) is 0 Å². The second-order valence-corrected chi connectivity index (χ2v) is 8.53. The highest BCUT2D eigenvalue weighted by Gasteiger charge is 2.14. The van der Waals surface area contributed by atoms with Crippen molar-refractivity contribution >= 4 is 22.6 Å². The van der Waals surface area contributed by atoms with Crippen LogP contribution < -0.4 is 10.2 Å². The van der Waals surface area contributed by atoms with E-state index >= 15 is 0 Å². The van der Waals surface area contributed by atoms with E-state index in [-0.39, 0.29) is 5.91 Å². The number of benzene rings is 1. The van der Waals surface area contributed by atoms with Crippen LogP contribution in [0.2, 0.25) is 0 Å². The van der Waals surface area contributed by atoms with Crippen LogP contribution in [-0.4, -0.2) is 86.5 Å². The number of morpholine rings is 2. The van der Waals surface area contributed by atoms with E-state index in [1.165, 1.54) is 0 Å². The molecule has 2 aliphatic rings. The third-order valence-corrected chi connectivity index (χ3v) is 6.38. The highest BCUT2D eigenvalue weighted by molar-refractivity contribution is 6.01. The number of hydrogen-bond acceptors (Lipinski definition) is 6. The molecular weight excluding hydrogens is 418 g/mol. The van der Waals surface area contributed by atoms with Crippen molar-refractivity contribution in [3.05, 3.63) is 48.3 Å². The highest BCUT2D eigenvalue weighted by Crippen LogP contribution is 2.29. The van der Waals surface area contributed by atoms with E-state index in [4.69, 9.17) is 9.47 Å². The van der Waals surface area contributed by atoms with Crippen LogP contribution in [0.5, 0.6) is 0 Å². The number of amides is 1. The van der Waals surface area contributed by atoms with Crippen molar-refractivity contribution in [3.8, 4) is 11.1 Å². The average molecular weight is 450 g/mol. The summed E-state index contributed by atoms with van der Waals surface area (Å²) in [5.41, 5.74) is 3.76. The molecule has 0 bridgehead atoms. The number of carbonyl (C=O) groups excluding carboxylic acids is 1. The van der Waals surface area contributed by atoms with Gasteiger partial charge in [0, 0.05) is 72.7 Å². The zero-order valence-corrected chi connectivity index (χ0v) is 18.9. The Morgan fingerprint density at radius 2 is 1.82 bits per heavy atom. The Bertz CT molecular complexity index is 1070. The maximum Gasteiger partial charge on any atom is 0.251 e. The summed E-state index contributed by atoms with van der Waals surface area (Å²) in [6.07, 6.45) is 4.84. The lowest BCUT2D eigenvalue weighted by Crippen LogP contribution is -2.38. The Labute approximate surface area is 193 Å². The fourth-order valence-electron chi connectivity index (χ4n) is 4.46. The maximum atomic E-state index is 12.6. The molecule has 2 aliphatic heterocycles. The van der Waals surface area contributed by atoms with Crippen LogP contribution >= 0.6 is 0 Å². The number of anilines is 1. The number of fused-ring (bicyclic) bond motifs is 1. The number of rotatable bonds is 7. The number of ether oxygens (including phenoxy) is 2. The van der Waals surface area contributed by atoms with E-state index < -0.39 is 0 Å². The molecule has 8 heteroatoms. The summed E-state index contributed by atoms with van der Waals surface area (Å²) in [5, 5.41) is 4.13. The van der Waals surface area contributed by atoms with Crippen LogP contribution in [0.15, 0.2) is 42.7 Å². The molecule has 1 amide bonds. The number of hydrogen-bond donors (Lipinski definition) is 2. The Kier molecular flexibility index (Phi) is 6.85. The molecule has 3 aromatic rings. The Morgan fingerprint density at radius 1 is 1.03 bits per heavy atom. The van der Waals surface area contributed by atoms with Gasteiger partial charge >= 0.3 is 0 Å². The molecule has 2 N–H and O–H groups in total. The van der Waals surface area contributed by atoms with E-state index in [1.807, 2.05) is 30.6 Å². The van der Waals surface area contributed by atoms with Gasteiger partial charge in [-0.1, -0.05) is 6.07 Å². The molecule has 0 aliphatic carbocycles. The van der Waals surface area contributed by atoms with Gasteiger partial charge in [0.15, 0.2) is 0 Å². The minimum Gasteiger partial charge on any atom is -0.379 e. The second-order valence-electron chi connectivity index (χ2n) is 8.53. The Hall–Kier alpha value is -2.94. The third kappa shape index (κ3) is 5.19. The standard InChI is InChI=1S/C25H31N5O3/c31-25(26-6-1-7-29-8-12-32-13-9-29)19-2-4-21-22(18-27-23(21)16-19)20-3-5-24(28-17-20)30-10-14-33-15-11-30/h2-5,16-18,27H,1,6-15H2,(H,26,31). The summed E-state index contributed by atoms with van der Waals surface area (Å²) >= 11 is 0. The lowest BCUT2D eigenvalue weighted by atomic mass is 10.0. The molecule has 0 radical (unpaired) electrons. The van der Waals surface area contributed by atoms with E-state index in [0.717, 1.165) is 93.4 Å². The van der Waals surface area contributed by atoms with Crippen molar-refractivity contribution in [2.45, 2.75) is 6.42 Å². The monoisotopic (exact) mass is 449 g/mol. The van der Waals surface area contributed by atoms with Crippen LogP contribution in [0.3, 0.4) is 0 Å². The summed E-state index contributed by atoms with van der Waals surface area (Å²) in [6, 6.07) is 10.0. The predicted octanol–water partition coefficient (Wildman–Crippen LogP) is 2.52. The largest absolute Gasteiger partial charge is 0.379 e. The molecule has 2 fully saturated rings. The number of nitrogens with zero attached hydrogens (tertiary/aromatic N) is 3. The van der Waals surface area contributed by atoms with Crippen LogP contribution in [0.4, 0.5) is 5.82 Å². The zero-order valence-electron chi connectivity index (χ0n) is 18.9. The van der Waals surface area contributed by atoms with Gasteiger partial charge in [-0.2, -0.15) is 0 Å². The summed E-state index contributed by atoms with van der Waals surface area (Å²) in [5.74, 6) is 0.945. The molecule has 0 spiro atoms. The maximum absolute atomic E-state index is 12.6. The molecule has 33 heavy (non-hydrogen) atoms.